The predicted molar refractivity (Wildman–Crippen MR) is 102 cm³/mol. The van der Waals surface area contributed by atoms with Crippen LogP contribution in [0.4, 0.5) is 5.69 Å². The third kappa shape index (κ3) is 4.00. The average molecular weight is 346 g/mol. The number of carbonyl (C=O) groups excluding carboxylic acids is 1. The van der Waals surface area contributed by atoms with Crippen molar-refractivity contribution in [1.82, 2.24) is 15.1 Å². The van der Waals surface area contributed by atoms with Gasteiger partial charge in [-0.2, -0.15) is 5.10 Å². The number of nitrogens with zero attached hydrogens (tertiary/aromatic N) is 2. The highest BCUT2D eigenvalue weighted by atomic mass is 16.2. The summed E-state index contributed by atoms with van der Waals surface area (Å²) in [5.41, 5.74) is 4.88. The zero-order valence-electron chi connectivity index (χ0n) is 14.6. The summed E-state index contributed by atoms with van der Waals surface area (Å²) in [6.45, 7) is 1.01. The molecule has 0 unspecified atom stereocenters. The SMILES string of the molecule is O=C(Cn1cccn1)Nc1cccc(CNC2Cc3ccccc3C2)c1. The van der Waals surface area contributed by atoms with Crippen LogP contribution in [0.3, 0.4) is 0 Å². The summed E-state index contributed by atoms with van der Waals surface area (Å²) in [5.74, 6) is -0.0787. The summed E-state index contributed by atoms with van der Waals surface area (Å²) in [5, 5.41) is 10.6. The zero-order valence-corrected chi connectivity index (χ0v) is 14.6. The Labute approximate surface area is 153 Å². The first kappa shape index (κ1) is 16.5. The Bertz CT molecular complexity index is 864. The van der Waals surface area contributed by atoms with E-state index in [0.29, 0.717) is 6.04 Å². The van der Waals surface area contributed by atoms with Crippen LogP contribution < -0.4 is 10.6 Å². The molecular formula is C21H22N4O. The van der Waals surface area contributed by atoms with E-state index in [-0.39, 0.29) is 12.5 Å². The lowest BCUT2D eigenvalue weighted by molar-refractivity contribution is -0.116. The molecule has 132 valence electrons. The van der Waals surface area contributed by atoms with Crippen LogP contribution >= 0.6 is 0 Å². The standard InChI is InChI=1S/C21H22N4O/c26-21(15-25-10-4-9-23-25)24-19-8-3-5-16(11-19)14-22-20-12-17-6-1-2-7-18(17)13-20/h1-11,20,22H,12-15H2,(H,24,26). The number of benzene rings is 2. The molecule has 2 aromatic carbocycles. The second kappa shape index (κ2) is 7.54. The van der Waals surface area contributed by atoms with E-state index in [0.717, 1.165) is 30.6 Å². The van der Waals surface area contributed by atoms with Gasteiger partial charge in [0, 0.05) is 30.7 Å². The van der Waals surface area contributed by atoms with E-state index in [9.17, 15) is 4.79 Å². The van der Waals surface area contributed by atoms with E-state index in [1.807, 2.05) is 18.2 Å². The number of hydrogen-bond donors (Lipinski definition) is 2. The molecule has 0 saturated heterocycles. The smallest absolute Gasteiger partial charge is 0.246 e. The molecule has 1 aromatic heterocycles. The highest BCUT2D eigenvalue weighted by molar-refractivity contribution is 5.90. The second-order valence-corrected chi connectivity index (χ2v) is 6.71. The number of fused-ring (bicyclic) bond motifs is 1. The Morgan fingerprint density at radius 1 is 1.08 bits per heavy atom. The maximum atomic E-state index is 12.1. The van der Waals surface area contributed by atoms with Gasteiger partial charge < -0.3 is 10.6 Å². The molecule has 3 aromatic rings. The number of hydrogen-bond acceptors (Lipinski definition) is 3. The molecule has 4 rings (SSSR count). The molecule has 0 spiro atoms. The first-order valence-corrected chi connectivity index (χ1v) is 8.93. The van der Waals surface area contributed by atoms with Gasteiger partial charge in [-0.25, -0.2) is 0 Å². The minimum Gasteiger partial charge on any atom is -0.324 e. The fraction of sp³-hybridized carbons (Fsp3) is 0.238. The van der Waals surface area contributed by atoms with Crippen molar-refractivity contribution in [1.29, 1.82) is 0 Å². The summed E-state index contributed by atoms with van der Waals surface area (Å²) >= 11 is 0. The van der Waals surface area contributed by atoms with Crippen LogP contribution in [0.2, 0.25) is 0 Å². The van der Waals surface area contributed by atoms with Crippen molar-refractivity contribution in [3.63, 3.8) is 0 Å². The molecule has 0 fully saturated rings. The predicted octanol–water partition coefficient (Wildman–Crippen LogP) is 2.78. The van der Waals surface area contributed by atoms with Gasteiger partial charge >= 0.3 is 0 Å². The molecule has 0 saturated carbocycles. The number of carbonyl (C=O) groups is 1. The van der Waals surface area contributed by atoms with Crippen molar-refractivity contribution in [2.24, 2.45) is 0 Å². The topological polar surface area (TPSA) is 59.0 Å². The lowest BCUT2D eigenvalue weighted by atomic mass is 10.1. The van der Waals surface area contributed by atoms with Gasteiger partial charge in [0.2, 0.25) is 5.91 Å². The number of nitrogens with one attached hydrogen (secondary N) is 2. The Morgan fingerprint density at radius 2 is 1.88 bits per heavy atom. The molecule has 1 amide bonds. The molecule has 0 bridgehead atoms. The minimum atomic E-state index is -0.0787. The van der Waals surface area contributed by atoms with E-state index in [1.54, 1.807) is 23.1 Å². The van der Waals surface area contributed by atoms with Crippen LogP contribution in [0.15, 0.2) is 67.0 Å². The maximum Gasteiger partial charge on any atom is 0.246 e. The van der Waals surface area contributed by atoms with Crippen LogP contribution in [-0.4, -0.2) is 21.7 Å². The first-order chi connectivity index (χ1) is 12.8. The third-order valence-corrected chi connectivity index (χ3v) is 4.72. The highest BCUT2D eigenvalue weighted by Crippen LogP contribution is 2.22. The van der Waals surface area contributed by atoms with Crippen molar-refractivity contribution >= 4 is 11.6 Å². The molecule has 2 N–H and O–H groups in total. The maximum absolute atomic E-state index is 12.1. The van der Waals surface area contributed by atoms with Gasteiger partial charge in [-0.1, -0.05) is 36.4 Å². The van der Waals surface area contributed by atoms with Crippen LogP contribution in [0, 0.1) is 0 Å². The Morgan fingerprint density at radius 3 is 2.62 bits per heavy atom. The van der Waals surface area contributed by atoms with Gasteiger partial charge in [0.25, 0.3) is 0 Å². The largest absolute Gasteiger partial charge is 0.324 e. The molecule has 0 radical (unpaired) electrons. The Kier molecular flexibility index (Phi) is 4.80. The molecule has 5 nitrogen and oxygen atoms in total. The lowest BCUT2D eigenvalue weighted by Crippen LogP contribution is -2.29. The fourth-order valence-corrected chi connectivity index (χ4v) is 3.47. The minimum absolute atomic E-state index is 0.0787. The first-order valence-electron chi connectivity index (χ1n) is 8.93. The summed E-state index contributed by atoms with van der Waals surface area (Å²) < 4.78 is 1.61. The molecule has 26 heavy (non-hydrogen) atoms. The fourth-order valence-electron chi connectivity index (χ4n) is 3.47. The lowest BCUT2D eigenvalue weighted by Gasteiger charge is -2.13. The monoisotopic (exact) mass is 346 g/mol. The summed E-state index contributed by atoms with van der Waals surface area (Å²) in [6.07, 6.45) is 5.60. The van der Waals surface area contributed by atoms with Crippen LogP contribution in [0.5, 0.6) is 0 Å². The molecular weight excluding hydrogens is 324 g/mol. The average Bonchev–Trinajstić information content (AvgIpc) is 3.29. The van der Waals surface area contributed by atoms with Gasteiger partial charge in [-0.15, -0.1) is 0 Å². The van der Waals surface area contributed by atoms with Crippen molar-refractivity contribution < 1.29 is 4.79 Å². The number of amides is 1. The van der Waals surface area contributed by atoms with Crippen molar-refractivity contribution in [2.75, 3.05) is 5.32 Å². The van der Waals surface area contributed by atoms with Crippen molar-refractivity contribution in [3.8, 4) is 0 Å². The van der Waals surface area contributed by atoms with E-state index in [1.165, 1.54) is 11.1 Å². The van der Waals surface area contributed by atoms with Gasteiger partial charge in [-0.3, -0.25) is 9.48 Å². The summed E-state index contributed by atoms with van der Waals surface area (Å²) in [6, 6.07) is 18.9. The summed E-state index contributed by atoms with van der Waals surface area (Å²) in [4.78, 5) is 12.1. The van der Waals surface area contributed by atoms with Crippen LogP contribution in [0.25, 0.3) is 0 Å². The van der Waals surface area contributed by atoms with Crippen molar-refractivity contribution in [2.45, 2.75) is 32.0 Å². The quantitative estimate of drug-likeness (QED) is 0.722. The number of aromatic nitrogens is 2. The molecule has 0 aliphatic heterocycles. The molecule has 5 heteroatoms. The Hall–Kier alpha value is -2.92. The Balaban J connectivity index is 1.31. The van der Waals surface area contributed by atoms with Crippen LogP contribution in [-0.2, 0) is 30.7 Å². The second-order valence-electron chi connectivity index (χ2n) is 6.71. The van der Waals surface area contributed by atoms with E-state index in [4.69, 9.17) is 0 Å². The third-order valence-electron chi connectivity index (χ3n) is 4.72. The summed E-state index contributed by atoms with van der Waals surface area (Å²) in [7, 11) is 0. The zero-order chi connectivity index (χ0) is 17.8. The van der Waals surface area contributed by atoms with Gasteiger partial charge in [-0.05, 0) is 47.7 Å². The van der Waals surface area contributed by atoms with E-state index >= 15 is 0 Å². The number of anilines is 1. The van der Waals surface area contributed by atoms with Gasteiger partial charge in [0.05, 0.1) is 0 Å². The molecule has 1 aliphatic rings. The van der Waals surface area contributed by atoms with Crippen molar-refractivity contribution in [3.05, 3.63) is 83.7 Å². The number of rotatable bonds is 6. The molecule has 1 aliphatic carbocycles. The van der Waals surface area contributed by atoms with Crippen LogP contribution in [0.1, 0.15) is 16.7 Å². The van der Waals surface area contributed by atoms with Gasteiger partial charge in [0.15, 0.2) is 0 Å². The normalized spacial score (nSPS) is 13.5. The molecule has 0 atom stereocenters. The highest BCUT2D eigenvalue weighted by Gasteiger charge is 2.20. The van der Waals surface area contributed by atoms with Gasteiger partial charge in [0.1, 0.15) is 6.54 Å². The van der Waals surface area contributed by atoms with E-state index in [2.05, 4.69) is 46.1 Å². The molecule has 1 heterocycles. The van der Waals surface area contributed by atoms with E-state index < -0.39 is 0 Å².